The highest BCUT2D eigenvalue weighted by Gasteiger charge is 2.33. The quantitative estimate of drug-likeness (QED) is 0.575. The Morgan fingerprint density at radius 2 is 1.74 bits per heavy atom. The van der Waals surface area contributed by atoms with E-state index in [4.69, 9.17) is 9.47 Å². The topological polar surface area (TPSA) is 94.7 Å². The number of fused-ring (bicyclic) bond motifs is 3. The molecule has 4 aliphatic heterocycles. The highest BCUT2D eigenvalue weighted by atomic mass is 16.5. The molecule has 1 N–H and O–H groups in total. The van der Waals surface area contributed by atoms with Crippen LogP contribution < -0.4 is 15.0 Å². The zero-order valence-electron chi connectivity index (χ0n) is 23.0. The average Bonchev–Trinajstić information content (AvgIpc) is 2.97. The van der Waals surface area contributed by atoms with Crippen molar-refractivity contribution in [3.8, 4) is 5.75 Å². The van der Waals surface area contributed by atoms with Gasteiger partial charge in [0, 0.05) is 83.5 Å². The lowest BCUT2D eigenvalue weighted by molar-refractivity contribution is -0.140. The number of ether oxygens (including phenoxy) is 2. The number of hydrogen-bond donors (Lipinski definition) is 1. The van der Waals surface area contributed by atoms with Gasteiger partial charge in [0.1, 0.15) is 12.4 Å². The molecule has 4 heterocycles. The summed E-state index contributed by atoms with van der Waals surface area (Å²) in [6, 6.07) is 6.26. The maximum Gasteiger partial charge on any atom is 0.236 e. The zero-order valence-corrected chi connectivity index (χ0v) is 23.0. The van der Waals surface area contributed by atoms with Gasteiger partial charge in [-0.3, -0.25) is 14.4 Å². The molecule has 0 saturated carbocycles. The van der Waals surface area contributed by atoms with Crippen molar-refractivity contribution in [3.05, 3.63) is 35.9 Å². The Hall–Kier alpha value is -3.11. The lowest BCUT2D eigenvalue weighted by atomic mass is 9.82. The van der Waals surface area contributed by atoms with Gasteiger partial charge in [-0.1, -0.05) is 12.2 Å². The molecule has 0 radical (unpaired) electrons. The molecule has 10 heteroatoms. The van der Waals surface area contributed by atoms with Gasteiger partial charge in [-0.05, 0) is 36.5 Å². The van der Waals surface area contributed by atoms with E-state index >= 15 is 0 Å². The van der Waals surface area contributed by atoms with E-state index in [0.29, 0.717) is 58.8 Å². The molecule has 0 unspecified atom stereocenters. The summed E-state index contributed by atoms with van der Waals surface area (Å²) >= 11 is 0. The summed E-state index contributed by atoms with van der Waals surface area (Å²) in [5.74, 6) is 1.37. The SMILES string of the molecule is CC(=O)N1CCN(C(=O)C[C@@H]2CCN3C[C@@H]2/C=C/COc2ccc(N4CCOCC4)cc2CNCC3=O)CC1. The number of rotatable bonds is 3. The average molecular weight is 540 g/mol. The molecule has 0 spiro atoms. The summed E-state index contributed by atoms with van der Waals surface area (Å²) in [6.07, 6.45) is 5.43. The molecule has 0 aliphatic carbocycles. The lowest BCUT2D eigenvalue weighted by Crippen LogP contribution is -2.51. The summed E-state index contributed by atoms with van der Waals surface area (Å²) in [6.45, 7) is 9.64. The van der Waals surface area contributed by atoms with E-state index in [1.54, 1.807) is 11.8 Å². The Balaban J connectivity index is 1.24. The minimum atomic E-state index is 0.0603. The van der Waals surface area contributed by atoms with Crippen LogP contribution in [-0.2, 0) is 25.7 Å². The number of carbonyl (C=O) groups is 3. The highest BCUT2D eigenvalue weighted by molar-refractivity contribution is 5.79. The molecule has 3 amide bonds. The van der Waals surface area contributed by atoms with Crippen LogP contribution in [0.3, 0.4) is 0 Å². The number of nitrogens with one attached hydrogen (secondary N) is 1. The van der Waals surface area contributed by atoms with Crippen molar-refractivity contribution < 1.29 is 23.9 Å². The van der Waals surface area contributed by atoms with Crippen molar-refractivity contribution in [1.82, 2.24) is 20.0 Å². The second-order valence-corrected chi connectivity index (χ2v) is 10.9. The molecule has 1 aromatic carbocycles. The number of morpholine rings is 1. The molecule has 10 nitrogen and oxygen atoms in total. The number of carbonyl (C=O) groups excluding carboxylic acids is 3. The van der Waals surface area contributed by atoms with Crippen LogP contribution in [0.25, 0.3) is 0 Å². The molecule has 0 aromatic heterocycles. The van der Waals surface area contributed by atoms with Crippen LogP contribution in [0.15, 0.2) is 30.4 Å². The largest absolute Gasteiger partial charge is 0.489 e. The smallest absolute Gasteiger partial charge is 0.236 e. The second kappa shape index (κ2) is 12.8. The molecular weight excluding hydrogens is 498 g/mol. The van der Waals surface area contributed by atoms with Crippen LogP contribution >= 0.6 is 0 Å². The van der Waals surface area contributed by atoms with Gasteiger partial charge < -0.3 is 34.4 Å². The molecule has 2 atom stereocenters. The van der Waals surface area contributed by atoms with Crippen molar-refractivity contribution in [3.63, 3.8) is 0 Å². The van der Waals surface area contributed by atoms with Gasteiger partial charge in [0.25, 0.3) is 0 Å². The second-order valence-electron chi connectivity index (χ2n) is 10.9. The summed E-state index contributed by atoms with van der Waals surface area (Å²) in [5, 5.41) is 3.34. The van der Waals surface area contributed by atoms with Crippen LogP contribution in [0.2, 0.25) is 0 Å². The van der Waals surface area contributed by atoms with Crippen LogP contribution in [0.4, 0.5) is 5.69 Å². The summed E-state index contributed by atoms with van der Waals surface area (Å²) in [7, 11) is 0. The van der Waals surface area contributed by atoms with Crippen molar-refractivity contribution in [2.75, 3.05) is 83.6 Å². The summed E-state index contributed by atoms with van der Waals surface area (Å²) in [4.78, 5) is 45.8. The van der Waals surface area contributed by atoms with Gasteiger partial charge in [-0.25, -0.2) is 0 Å². The Morgan fingerprint density at radius 1 is 0.974 bits per heavy atom. The summed E-state index contributed by atoms with van der Waals surface area (Å²) in [5.41, 5.74) is 2.18. The maximum absolute atomic E-state index is 13.1. The minimum Gasteiger partial charge on any atom is -0.489 e. The van der Waals surface area contributed by atoms with Crippen molar-refractivity contribution in [1.29, 1.82) is 0 Å². The van der Waals surface area contributed by atoms with E-state index in [0.717, 1.165) is 49.7 Å². The zero-order chi connectivity index (χ0) is 27.2. The molecule has 4 aliphatic rings. The normalized spacial score (nSPS) is 25.5. The third-order valence-corrected chi connectivity index (χ3v) is 8.40. The molecule has 3 fully saturated rings. The van der Waals surface area contributed by atoms with Crippen molar-refractivity contribution >= 4 is 23.4 Å². The van der Waals surface area contributed by atoms with Gasteiger partial charge in [0.2, 0.25) is 17.7 Å². The van der Waals surface area contributed by atoms with Gasteiger partial charge in [0.15, 0.2) is 0 Å². The van der Waals surface area contributed by atoms with Gasteiger partial charge in [0.05, 0.1) is 19.8 Å². The van der Waals surface area contributed by atoms with Crippen LogP contribution in [0, 0.1) is 11.8 Å². The molecular formula is C29H41N5O5. The number of piperazine rings is 1. The van der Waals surface area contributed by atoms with E-state index < -0.39 is 0 Å². The molecule has 5 rings (SSSR count). The maximum atomic E-state index is 13.1. The van der Waals surface area contributed by atoms with Crippen LogP contribution in [-0.4, -0.2) is 111 Å². The molecule has 212 valence electrons. The van der Waals surface area contributed by atoms with E-state index in [9.17, 15) is 14.4 Å². The van der Waals surface area contributed by atoms with Crippen molar-refractivity contribution in [2.45, 2.75) is 26.3 Å². The highest BCUT2D eigenvalue weighted by Crippen LogP contribution is 2.30. The van der Waals surface area contributed by atoms with E-state index in [2.05, 4.69) is 28.4 Å². The Kier molecular flexibility index (Phi) is 9.03. The minimum absolute atomic E-state index is 0.0603. The first-order valence-corrected chi connectivity index (χ1v) is 14.2. The predicted octanol–water partition coefficient (Wildman–Crippen LogP) is 1.11. The van der Waals surface area contributed by atoms with Gasteiger partial charge >= 0.3 is 0 Å². The summed E-state index contributed by atoms with van der Waals surface area (Å²) < 4.78 is 11.7. The number of piperidine rings is 1. The Labute approximate surface area is 230 Å². The molecule has 2 bridgehead atoms. The lowest BCUT2D eigenvalue weighted by Gasteiger charge is -2.39. The number of benzene rings is 1. The Morgan fingerprint density at radius 3 is 2.51 bits per heavy atom. The molecule has 3 saturated heterocycles. The van der Waals surface area contributed by atoms with Crippen LogP contribution in [0.5, 0.6) is 5.75 Å². The predicted molar refractivity (Wildman–Crippen MR) is 147 cm³/mol. The number of anilines is 1. The van der Waals surface area contributed by atoms with Gasteiger partial charge in [-0.2, -0.15) is 0 Å². The first-order valence-electron chi connectivity index (χ1n) is 14.2. The Bertz CT molecular complexity index is 1060. The monoisotopic (exact) mass is 539 g/mol. The molecule has 39 heavy (non-hydrogen) atoms. The first kappa shape index (κ1) is 27.5. The fourth-order valence-corrected chi connectivity index (χ4v) is 6.00. The van der Waals surface area contributed by atoms with Crippen molar-refractivity contribution in [2.24, 2.45) is 11.8 Å². The fraction of sp³-hybridized carbons (Fsp3) is 0.621. The first-order chi connectivity index (χ1) is 19.0. The van der Waals surface area contributed by atoms with E-state index in [-0.39, 0.29) is 36.1 Å². The third-order valence-electron chi connectivity index (χ3n) is 8.40. The van der Waals surface area contributed by atoms with E-state index in [1.807, 2.05) is 21.9 Å². The number of nitrogens with zero attached hydrogens (tertiary/aromatic N) is 4. The number of amides is 3. The van der Waals surface area contributed by atoms with Crippen LogP contribution in [0.1, 0.15) is 25.3 Å². The van der Waals surface area contributed by atoms with Gasteiger partial charge in [-0.15, -0.1) is 0 Å². The standard InChI is InChI=1S/C29H41N5O5/c1-22(35)31-8-10-33(11-9-31)28(36)18-23-6-7-34-21-24(23)3-2-14-39-27-5-4-26(32-12-15-38-16-13-32)17-25(27)19-30-20-29(34)37/h2-5,17,23-24,30H,6-16,18-21H2,1H3/b3-2+/t23-,24-/m0/s1. The molecule has 1 aromatic rings. The number of hydrogen-bond acceptors (Lipinski definition) is 7. The fourth-order valence-electron chi connectivity index (χ4n) is 6.00. The van der Waals surface area contributed by atoms with E-state index in [1.165, 1.54) is 0 Å². The third kappa shape index (κ3) is 6.91.